The first-order valence-corrected chi connectivity index (χ1v) is 50.2. The molecule has 24 rings (SSSR count). The molecule has 0 amide bonds. The largest absolute Gasteiger partial charge is 0.0617 e. The Morgan fingerprint density at radius 1 is 0.118 bits per heavy atom. The van der Waals surface area contributed by atoms with Crippen molar-refractivity contribution in [1.29, 1.82) is 0 Å². The molecule has 8 aliphatic carbocycles. The van der Waals surface area contributed by atoms with Crippen LogP contribution in [0.3, 0.4) is 0 Å². The first kappa shape index (κ1) is 95.3. The van der Waals surface area contributed by atoms with Crippen LogP contribution in [0.2, 0.25) is 0 Å². The molecule has 136 heavy (non-hydrogen) atoms. The van der Waals surface area contributed by atoms with Crippen molar-refractivity contribution in [2.24, 2.45) is 0 Å². The molecule has 0 aliphatic heterocycles. The molecule has 16 aromatic carbocycles. The van der Waals surface area contributed by atoms with Gasteiger partial charge in [-0.1, -0.05) is 216 Å². The van der Waals surface area contributed by atoms with Gasteiger partial charge in [0.1, 0.15) is 0 Å². The molecule has 0 unspecified atom stereocenters. The molecule has 0 fully saturated rings. The summed E-state index contributed by atoms with van der Waals surface area (Å²) in [5.41, 5.74) is 93.5. The second-order valence-corrected chi connectivity index (χ2v) is 42.3. The number of hydrogen-bond acceptors (Lipinski definition) is 0. The summed E-state index contributed by atoms with van der Waals surface area (Å²) in [7, 11) is 0. The van der Waals surface area contributed by atoms with E-state index in [1.165, 1.54) is 356 Å². The SMILES string of the molecule is Cc1cc(C)c2c(c1)Cc1ccc(C)c(C)c1-2.Cc1cc(C)c2c(c1C)-c1cccc(C)c1C2.Cc1cc2c(c(C)c1C)-c1c(C)cccc1C2.Cc1cc2c(c(C)c1C)-c1cccc(C)c1C2.Cc1ccc2c(c1)-c1c(cc(C)c(C)c1C)C2.Cc1ccc2c(c1)Cc1c(C)cc(C)c(C)c1-2.Cc1ccc2c(c1)Cc1cc(C)c(C)c(C)c1-2.Cc1ccc2c(c1C)-c1c(ccc(C)c1C)C2. The first-order valence-electron chi connectivity index (χ1n) is 50.2. The van der Waals surface area contributed by atoms with Crippen molar-refractivity contribution in [3.8, 4) is 89.0 Å². The van der Waals surface area contributed by atoms with Gasteiger partial charge in [-0.2, -0.15) is 0 Å². The zero-order valence-electron chi connectivity index (χ0n) is 88.1. The normalized spacial score (nSPS) is 12.5. The van der Waals surface area contributed by atoms with E-state index in [1.54, 1.807) is 0 Å². The molecule has 0 nitrogen and oxygen atoms in total. The van der Waals surface area contributed by atoms with Gasteiger partial charge in [-0.05, 0) is 607 Å². The zero-order chi connectivity index (χ0) is 97.2. The van der Waals surface area contributed by atoms with Crippen molar-refractivity contribution in [3.05, 3.63) is 461 Å². The first-order chi connectivity index (χ1) is 64.7. The molecule has 0 aromatic heterocycles. The molecule has 0 saturated heterocycles. The quantitative estimate of drug-likeness (QED) is 0.142. The summed E-state index contributed by atoms with van der Waals surface area (Å²) in [5, 5.41) is 0. The van der Waals surface area contributed by atoms with Gasteiger partial charge in [0, 0.05) is 0 Å². The Hall–Kier alpha value is -12.5. The fraction of sp³-hybridized carbons (Fsp3) is 0.294. The Morgan fingerprint density at radius 3 is 0.912 bits per heavy atom. The van der Waals surface area contributed by atoms with Gasteiger partial charge in [-0.15, -0.1) is 0 Å². The van der Waals surface area contributed by atoms with Crippen molar-refractivity contribution in [2.45, 2.75) is 273 Å². The van der Waals surface area contributed by atoms with Crippen molar-refractivity contribution < 1.29 is 0 Å². The Balaban J connectivity index is 0.000000108. The number of hydrogen-bond donors (Lipinski definition) is 0. The van der Waals surface area contributed by atoms with E-state index in [0.717, 1.165) is 51.4 Å². The topological polar surface area (TPSA) is 0 Å². The van der Waals surface area contributed by atoms with E-state index in [1.807, 2.05) is 0 Å². The van der Waals surface area contributed by atoms with Gasteiger partial charge in [-0.3, -0.25) is 0 Å². The molecule has 8 aliphatic rings. The molecule has 0 heterocycles. The standard InChI is InChI=1S/8C17H18/c1-10-5-7-14-9-15-8-6-11(2)13(4)17(15)16(14)12(10)3;1-10-7-12(3)16-15(8-10)9-14-6-5-11(2)13(4)17(14)16;1-10-5-6-16-14(7-10)9-15-8-11(2)12(3)13(4)17(15)16;1-10-5-6-14-9-15-8-11(2)12(3)13(4)17(15)16(14)7-10;1-10-5-6-15-14(7-10)9-16-12(3)8-11(2)13(4)17(15)16;1-10-6-5-7-15-16(10)9-14-8-11(2)12(3)13(4)17(14)15;1-10-6-5-7-14-9-15-8-11(2)12(3)13(4)17(15)16(10)14;1-10-6-5-7-14-15(10)9-16-12(3)8-11(2)13(4)17(14)16/h8*5-8H,9H2,1-4H3. The Morgan fingerprint density at radius 2 is 0.412 bits per heavy atom. The molecule has 688 valence electrons. The summed E-state index contributed by atoms with van der Waals surface area (Å²) in [6.45, 7) is 71.3. The Bertz CT molecular complexity index is 7590. The maximum absolute atomic E-state index is 2.37. The van der Waals surface area contributed by atoms with Gasteiger partial charge in [0.05, 0.1) is 0 Å². The average Bonchev–Trinajstić information content (AvgIpc) is 1.49. The van der Waals surface area contributed by atoms with Crippen molar-refractivity contribution in [2.75, 3.05) is 0 Å². The van der Waals surface area contributed by atoms with Crippen molar-refractivity contribution in [3.63, 3.8) is 0 Å². The maximum Gasteiger partial charge on any atom is -0.000809 e. The molecule has 0 atom stereocenters. The third-order valence-electron chi connectivity index (χ3n) is 33.4. The van der Waals surface area contributed by atoms with Gasteiger partial charge in [0.2, 0.25) is 0 Å². The van der Waals surface area contributed by atoms with Crippen LogP contribution in [0.4, 0.5) is 0 Å². The molecule has 0 radical (unpaired) electrons. The van der Waals surface area contributed by atoms with E-state index < -0.39 is 0 Å². The summed E-state index contributed by atoms with van der Waals surface area (Å²) < 4.78 is 0. The highest BCUT2D eigenvalue weighted by molar-refractivity contribution is 5.90. The van der Waals surface area contributed by atoms with Gasteiger partial charge < -0.3 is 0 Å². The smallest absolute Gasteiger partial charge is 0.000809 e. The van der Waals surface area contributed by atoms with E-state index in [-0.39, 0.29) is 0 Å². The van der Waals surface area contributed by atoms with Gasteiger partial charge in [-0.25, -0.2) is 0 Å². The van der Waals surface area contributed by atoms with E-state index in [9.17, 15) is 0 Å². The van der Waals surface area contributed by atoms with Crippen molar-refractivity contribution >= 4 is 0 Å². The highest BCUT2D eigenvalue weighted by atomic mass is 14.4. The fourth-order valence-corrected chi connectivity index (χ4v) is 24.3. The van der Waals surface area contributed by atoms with Crippen LogP contribution in [0.25, 0.3) is 89.0 Å². The molecule has 0 bridgehead atoms. The summed E-state index contributed by atoms with van der Waals surface area (Å²) in [6.07, 6.45) is 8.86. The van der Waals surface area contributed by atoms with Crippen LogP contribution in [-0.2, 0) is 51.4 Å². The van der Waals surface area contributed by atoms with Gasteiger partial charge in [0.25, 0.3) is 0 Å². The van der Waals surface area contributed by atoms with Crippen LogP contribution in [0, 0.1) is 222 Å². The van der Waals surface area contributed by atoms with Crippen LogP contribution >= 0.6 is 0 Å². The van der Waals surface area contributed by atoms with Crippen LogP contribution in [0.5, 0.6) is 0 Å². The third kappa shape index (κ3) is 17.3. The summed E-state index contributed by atoms with van der Waals surface area (Å²) in [6, 6.07) is 73.0. The van der Waals surface area contributed by atoms with Gasteiger partial charge in [0.15, 0.2) is 0 Å². The lowest BCUT2D eigenvalue weighted by molar-refractivity contribution is 1.17. The minimum absolute atomic E-state index is 1.10. The Kier molecular flexibility index (Phi) is 26.3. The third-order valence-corrected chi connectivity index (χ3v) is 33.4. The number of benzene rings is 16. The molecule has 0 N–H and O–H groups in total. The number of rotatable bonds is 0. The molecular weight excluding hydrogens is 1630 g/mol. The molecule has 0 saturated carbocycles. The second kappa shape index (κ2) is 37.5. The highest BCUT2D eigenvalue weighted by Crippen LogP contribution is 2.51. The molecule has 0 heteroatoms. The van der Waals surface area contributed by atoms with E-state index in [4.69, 9.17) is 0 Å². The van der Waals surface area contributed by atoms with E-state index in [2.05, 4.69) is 416 Å². The minimum Gasteiger partial charge on any atom is -0.0617 e. The minimum atomic E-state index is 1.10. The lowest BCUT2D eigenvalue weighted by atomic mass is 9.92. The second-order valence-electron chi connectivity index (χ2n) is 42.3. The maximum atomic E-state index is 2.37. The number of aryl methyl sites for hydroxylation is 19. The lowest BCUT2D eigenvalue weighted by Gasteiger charge is -2.13. The average molecular weight is 1780 g/mol. The highest BCUT2D eigenvalue weighted by Gasteiger charge is 2.32. The Labute approximate surface area is 817 Å². The van der Waals surface area contributed by atoms with Crippen LogP contribution < -0.4 is 0 Å². The molecule has 16 aromatic rings. The molecular formula is C136H144. The van der Waals surface area contributed by atoms with Crippen LogP contribution in [-0.4, -0.2) is 0 Å². The van der Waals surface area contributed by atoms with E-state index >= 15 is 0 Å². The lowest BCUT2D eigenvalue weighted by Crippen LogP contribution is -1.93. The summed E-state index contributed by atoms with van der Waals surface area (Å²) in [5.74, 6) is 0. The van der Waals surface area contributed by atoms with Crippen LogP contribution in [0.15, 0.2) is 194 Å². The monoisotopic (exact) mass is 1780 g/mol. The zero-order valence-corrected chi connectivity index (χ0v) is 88.1. The predicted octanol–water partition coefficient (Wildman–Crippen LogP) is 35.9. The fourth-order valence-electron chi connectivity index (χ4n) is 24.3. The van der Waals surface area contributed by atoms with Gasteiger partial charge >= 0.3 is 0 Å². The molecule has 0 spiro atoms. The van der Waals surface area contributed by atoms with Crippen molar-refractivity contribution in [1.82, 2.24) is 0 Å². The predicted molar refractivity (Wildman–Crippen MR) is 589 cm³/mol. The summed E-state index contributed by atoms with van der Waals surface area (Å²) in [4.78, 5) is 0. The number of fused-ring (bicyclic) bond motifs is 24. The summed E-state index contributed by atoms with van der Waals surface area (Å²) >= 11 is 0. The van der Waals surface area contributed by atoms with Crippen LogP contribution in [0.1, 0.15) is 267 Å². The van der Waals surface area contributed by atoms with E-state index in [0.29, 0.717) is 0 Å².